The van der Waals surface area contributed by atoms with E-state index < -0.39 is 31.0 Å². The fourth-order valence-electron chi connectivity index (χ4n) is 2.47. The van der Waals surface area contributed by atoms with Crippen LogP contribution in [0.2, 0.25) is 0 Å². The van der Waals surface area contributed by atoms with Crippen LogP contribution in [0.4, 0.5) is 0 Å². The van der Waals surface area contributed by atoms with E-state index in [9.17, 15) is 15.3 Å². The Labute approximate surface area is 102 Å². The van der Waals surface area contributed by atoms with Crippen molar-refractivity contribution in [2.45, 2.75) is 50.2 Å². The highest BCUT2D eigenvalue weighted by Crippen LogP contribution is 2.28. The summed E-state index contributed by atoms with van der Waals surface area (Å²) in [5.41, 5.74) is 0. The normalized spacial score (nSPS) is 36.1. The molecule has 1 fully saturated rings. The Balaban J connectivity index is 2.85. The summed E-state index contributed by atoms with van der Waals surface area (Å²) in [6, 6.07) is -1.01. The number of aliphatic hydroxyl groups is 4. The predicted octanol–water partition coefficient (Wildman–Crippen LogP) is -0.900. The Kier molecular flexibility index (Phi) is 5.55. The van der Waals surface area contributed by atoms with E-state index in [2.05, 4.69) is 6.58 Å². The molecule has 0 aromatic carbocycles. The van der Waals surface area contributed by atoms with Crippen LogP contribution in [0, 0.1) is 0 Å². The molecule has 5 nitrogen and oxygen atoms in total. The molecule has 0 spiro atoms. The van der Waals surface area contributed by atoms with E-state index in [1.54, 1.807) is 6.08 Å². The molecule has 5 atom stereocenters. The average molecular weight is 245 g/mol. The van der Waals surface area contributed by atoms with Crippen LogP contribution in [-0.2, 0) is 0 Å². The maximum absolute atomic E-state index is 9.92. The summed E-state index contributed by atoms with van der Waals surface area (Å²) in [6.45, 7) is 5.92. The molecular formula is C12H23NO4. The zero-order valence-corrected chi connectivity index (χ0v) is 10.2. The maximum Gasteiger partial charge on any atom is 0.101 e. The number of nitrogens with zero attached hydrogens (tertiary/aromatic N) is 1. The van der Waals surface area contributed by atoms with Gasteiger partial charge in [0.25, 0.3) is 0 Å². The molecule has 1 heterocycles. The van der Waals surface area contributed by atoms with Gasteiger partial charge in [0.1, 0.15) is 6.10 Å². The highest BCUT2D eigenvalue weighted by molar-refractivity contribution is 5.09. The van der Waals surface area contributed by atoms with Crippen LogP contribution in [0.15, 0.2) is 12.7 Å². The molecule has 0 radical (unpaired) electrons. The van der Waals surface area contributed by atoms with Crippen LogP contribution in [0.1, 0.15) is 19.8 Å². The molecule has 0 saturated carbocycles. The summed E-state index contributed by atoms with van der Waals surface area (Å²) in [5.74, 6) is 0. The van der Waals surface area contributed by atoms with Crippen molar-refractivity contribution in [2.24, 2.45) is 0 Å². The van der Waals surface area contributed by atoms with E-state index in [0.29, 0.717) is 6.54 Å². The van der Waals surface area contributed by atoms with Crippen molar-refractivity contribution in [3.8, 4) is 0 Å². The fourth-order valence-corrected chi connectivity index (χ4v) is 2.47. The minimum Gasteiger partial charge on any atom is -0.394 e. The van der Waals surface area contributed by atoms with Crippen molar-refractivity contribution in [1.29, 1.82) is 0 Å². The average Bonchev–Trinajstić information content (AvgIpc) is 2.58. The van der Waals surface area contributed by atoms with Crippen molar-refractivity contribution < 1.29 is 20.4 Å². The zero-order valence-electron chi connectivity index (χ0n) is 10.2. The van der Waals surface area contributed by atoms with Crippen molar-refractivity contribution in [3.05, 3.63) is 12.7 Å². The smallest absolute Gasteiger partial charge is 0.101 e. The summed E-state index contributed by atoms with van der Waals surface area (Å²) in [6.07, 6.45) is 0.384. The molecule has 17 heavy (non-hydrogen) atoms. The molecule has 0 aliphatic carbocycles. The topological polar surface area (TPSA) is 84.2 Å². The molecule has 0 amide bonds. The predicted molar refractivity (Wildman–Crippen MR) is 64.5 cm³/mol. The summed E-state index contributed by atoms with van der Waals surface area (Å²) in [4.78, 5) is 1.83. The number of aliphatic hydroxyl groups excluding tert-OH is 4. The number of hydrogen-bond acceptors (Lipinski definition) is 5. The Hall–Kier alpha value is -0.460. The minimum absolute atomic E-state index is 0.372. The van der Waals surface area contributed by atoms with Gasteiger partial charge in [-0.15, -0.1) is 6.58 Å². The van der Waals surface area contributed by atoms with Gasteiger partial charge in [-0.25, -0.2) is 0 Å². The van der Waals surface area contributed by atoms with Crippen molar-refractivity contribution >= 4 is 0 Å². The van der Waals surface area contributed by atoms with Gasteiger partial charge >= 0.3 is 0 Å². The molecule has 0 unspecified atom stereocenters. The number of hydrogen-bond donors (Lipinski definition) is 4. The first-order valence-electron chi connectivity index (χ1n) is 6.11. The van der Waals surface area contributed by atoms with Crippen molar-refractivity contribution in [1.82, 2.24) is 4.90 Å². The maximum atomic E-state index is 9.92. The first kappa shape index (κ1) is 14.6. The molecule has 0 bridgehead atoms. The lowest BCUT2D eigenvalue weighted by Crippen LogP contribution is -2.48. The Morgan fingerprint density at radius 1 is 1.35 bits per heavy atom. The standard InChI is InChI=1S/C12H23NO4/c1-3-5-6-13-8(4-2)11(16)12(17)10(13)9(15)7-14/h4,8-12,14-17H,2-3,5-7H2,1H3/t8-,9+,10+,11-,12+/m1/s1. The van der Waals surface area contributed by atoms with Crippen LogP contribution in [0.25, 0.3) is 0 Å². The second kappa shape index (κ2) is 6.47. The molecule has 1 rings (SSSR count). The van der Waals surface area contributed by atoms with E-state index in [1.807, 2.05) is 11.8 Å². The van der Waals surface area contributed by atoms with Crippen LogP contribution < -0.4 is 0 Å². The van der Waals surface area contributed by atoms with Gasteiger partial charge in [0.05, 0.1) is 30.9 Å². The van der Waals surface area contributed by atoms with Gasteiger partial charge in [0, 0.05) is 0 Å². The van der Waals surface area contributed by atoms with Crippen molar-refractivity contribution in [3.63, 3.8) is 0 Å². The van der Waals surface area contributed by atoms with Crippen LogP contribution >= 0.6 is 0 Å². The summed E-state index contributed by atoms with van der Waals surface area (Å²) < 4.78 is 0. The number of unbranched alkanes of at least 4 members (excludes halogenated alkanes) is 1. The van der Waals surface area contributed by atoms with E-state index in [-0.39, 0.29) is 6.04 Å². The molecular weight excluding hydrogens is 222 g/mol. The Morgan fingerprint density at radius 2 is 2.00 bits per heavy atom. The summed E-state index contributed by atoms with van der Waals surface area (Å²) >= 11 is 0. The first-order chi connectivity index (χ1) is 8.08. The van der Waals surface area contributed by atoms with Gasteiger partial charge in [-0.05, 0) is 13.0 Å². The van der Waals surface area contributed by atoms with E-state index in [0.717, 1.165) is 12.8 Å². The van der Waals surface area contributed by atoms with Gasteiger partial charge in [0.2, 0.25) is 0 Å². The van der Waals surface area contributed by atoms with Gasteiger partial charge in [-0.2, -0.15) is 0 Å². The first-order valence-corrected chi connectivity index (χ1v) is 6.11. The molecule has 1 aliphatic heterocycles. The summed E-state index contributed by atoms with van der Waals surface area (Å²) in [7, 11) is 0. The highest BCUT2D eigenvalue weighted by Gasteiger charge is 2.48. The highest BCUT2D eigenvalue weighted by atomic mass is 16.3. The summed E-state index contributed by atoms with van der Waals surface area (Å²) in [5, 5.41) is 38.5. The SMILES string of the molecule is C=C[C@@H]1[C@@H](O)[C@@H](O)[C@H]([C@@H](O)CO)N1CCCC. The molecule has 100 valence electrons. The number of rotatable bonds is 6. The minimum atomic E-state index is -1.06. The third-order valence-electron chi connectivity index (χ3n) is 3.41. The third kappa shape index (κ3) is 2.86. The van der Waals surface area contributed by atoms with E-state index >= 15 is 0 Å². The fraction of sp³-hybridized carbons (Fsp3) is 0.833. The second-order valence-electron chi connectivity index (χ2n) is 4.54. The Bertz CT molecular complexity index is 249. The largest absolute Gasteiger partial charge is 0.394 e. The van der Waals surface area contributed by atoms with Gasteiger partial charge in [-0.1, -0.05) is 19.4 Å². The van der Waals surface area contributed by atoms with Gasteiger partial charge in [-0.3, -0.25) is 4.90 Å². The lowest BCUT2D eigenvalue weighted by atomic mass is 10.0. The number of likely N-dealkylation sites (tertiary alicyclic amines) is 1. The molecule has 1 aliphatic rings. The molecule has 5 heteroatoms. The molecule has 4 N–H and O–H groups in total. The van der Waals surface area contributed by atoms with Crippen LogP contribution in [-0.4, -0.2) is 68.9 Å². The van der Waals surface area contributed by atoms with E-state index in [4.69, 9.17) is 5.11 Å². The second-order valence-corrected chi connectivity index (χ2v) is 4.54. The quantitative estimate of drug-likeness (QED) is 0.456. The molecule has 0 aromatic rings. The zero-order chi connectivity index (χ0) is 13.0. The monoisotopic (exact) mass is 245 g/mol. The van der Waals surface area contributed by atoms with E-state index in [1.165, 1.54) is 0 Å². The third-order valence-corrected chi connectivity index (χ3v) is 3.41. The lowest BCUT2D eigenvalue weighted by molar-refractivity contribution is -0.0305. The Morgan fingerprint density at radius 3 is 2.47 bits per heavy atom. The van der Waals surface area contributed by atoms with Crippen LogP contribution in [0.5, 0.6) is 0 Å². The lowest BCUT2D eigenvalue weighted by Gasteiger charge is -2.31. The molecule has 1 saturated heterocycles. The van der Waals surface area contributed by atoms with Crippen molar-refractivity contribution in [2.75, 3.05) is 13.2 Å². The molecule has 0 aromatic heterocycles. The van der Waals surface area contributed by atoms with Gasteiger partial charge in [0.15, 0.2) is 0 Å². The van der Waals surface area contributed by atoms with Gasteiger partial charge < -0.3 is 20.4 Å². The van der Waals surface area contributed by atoms with Crippen LogP contribution in [0.3, 0.4) is 0 Å².